The minimum Gasteiger partial charge on any atom is -0.444 e. The molecule has 0 radical (unpaired) electrons. The molecule has 1 aliphatic heterocycles. The van der Waals surface area contributed by atoms with Crippen LogP contribution in [0.1, 0.15) is 44.1 Å². The first-order valence-corrected chi connectivity index (χ1v) is 14.3. The molecule has 11 nitrogen and oxygen atoms in total. The van der Waals surface area contributed by atoms with Gasteiger partial charge in [-0.25, -0.2) is 22.9 Å². The van der Waals surface area contributed by atoms with E-state index in [1.807, 2.05) is 0 Å². The number of benzene rings is 1. The van der Waals surface area contributed by atoms with E-state index in [2.05, 4.69) is 20.7 Å². The molecule has 45 heavy (non-hydrogen) atoms. The number of hydrogen-bond donors (Lipinski definition) is 3. The molecule has 1 saturated heterocycles. The molecule has 3 aromatic rings. The molecule has 2 unspecified atom stereocenters. The fourth-order valence-electron chi connectivity index (χ4n) is 4.53. The molecule has 1 aromatic carbocycles. The molecule has 2 atom stereocenters. The van der Waals surface area contributed by atoms with Crippen LogP contribution in [0.4, 0.5) is 47.6 Å². The second-order valence-corrected chi connectivity index (χ2v) is 12.0. The summed E-state index contributed by atoms with van der Waals surface area (Å²) in [5.74, 6) is -4.80. The van der Waals surface area contributed by atoms with E-state index in [0.29, 0.717) is 11.3 Å². The van der Waals surface area contributed by atoms with Gasteiger partial charge in [0, 0.05) is 20.1 Å². The normalized spacial score (nSPS) is 17.4. The summed E-state index contributed by atoms with van der Waals surface area (Å²) in [6.45, 7) is 4.82. The van der Waals surface area contributed by atoms with Gasteiger partial charge >= 0.3 is 18.2 Å². The van der Waals surface area contributed by atoms with Gasteiger partial charge in [0.05, 0.1) is 17.8 Å². The van der Waals surface area contributed by atoms with Crippen molar-refractivity contribution in [3.8, 4) is 10.6 Å². The van der Waals surface area contributed by atoms with Crippen LogP contribution >= 0.6 is 11.3 Å². The van der Waals surface area contributed by atoms with Gasteiger partial charge in [0.25, 0.3) is 5.91 Å². The van der Waals surface area contributed by atoms with Gasteiger partial charge in [-0.3, -0.25) is 19.6 Å². The molecule has 1 aliphatic rings. The third kappa shape index (κ3) is 8.03. The number of aromatic nitrogens is 3. The van der Waals surface area contributed by atoms with Gasteiger partial charge in [-0.15, -0.1) is 0 Å². The van der Waals surface area contributed by atoms with Gasteiger partial charge in [-0.1, -0.05) is 17.4 Å². The van der Waals surface area contributed by atoms with Gasteiger partial charge in [0.1, 0.15) is 39.1 Å². The average Bonchev–Trinajstić information content (AvgIpc) is 3.43. The summed E-state index contributed by atoms with van der Waals surface area (Å²) in [6, 6.07) is 1.76. The Morgan fingerprint density at radius 2 is 1.69 bits per heavy atom. The van der Waals surface area contributed by atoms with Crippen molar-refractivity contribution < 1.29 is 45.5 Å². The quantitative estimate of drug-likeness (QED) is 0.302. The van der Waals surface area contributed by atoms with Crippen molar-refractivity contribution in [3.05, 3.63) is 41.7 Å². The second kappa shape index (κ2) is 12.9. The molecule has 0 saturated carbocycles. The number of rotatable bonds is 6. The SMILES string of the molecule is Cn1ncc(NC(=O)c2nc(-c3c(F)cccc3F)sc2NC(=O)OC(C)(C)C)c1N1CCC(F)C(NC(=O)C(F)(F)F)CC1. The van der Waals surface area contributed by atoms with Crippen LogP contribution in [0.2, 0.25) is 0 Å². The van der Waals surface area contributed by atoms with Gasteiger partial charge in [0.2, 0.25) is 0 Å². The molecule has 2 aromatic heterocycles. The predicted octanol–water partition coefficient (Wildman–Crippen LogP) is 5.41. The van der Waals surface area contributed by atoms with Crippen LogP contribution < -0.4 is 20.9 Å². The zero-order valence-electron chi connectivity index (χ0n) is 24.4. The van der Waals surface area contributed by atoms with Gasteiger partial charge < -0.3 is 20.3 Å². The fourth-order valence-corrected chi connectivity index (χ4v) is 5.53. The topological polar surface area (TPSA) is 130 Å². The third-order valence-electron chi connectivity index (χ3n) is 6.48. The molecule has 3 N–H and O–H groups in total. The summed E-state index contributed by atoms with van der Waals surface area (Å²) in [5, 5.41) is 10.4. The Balaban J connectivity index is 1.61. The number of nitrogens with zero attached hydrogens (tertiary/aromatic N) is 4. The molecule has 18 heteroatoms. The van der Waals surface area contributed by atoms with E-state index >= 15 is 0 Å². The van der Waals surface area contributed by atoms with Gasteiger partial charge in [-0.05, 0) is 45.7 Å². The largest absolute Gasteiger partial charge is 0.471 e. The van der Waals surface area contributed by atoms with E-state index in [9.17, 15) is 40.7 Å². The Labute approximate surface area is 256 Å². The zero-order valence-corrected chi connectivity index (χ0v) is 25.2. The van der Waals surface area contributed by atoms with Crippen molar-refractivity contribution in [1.29, 1.82) is 0 Å². The van der Waals surface area contributed by atoms with E-state index in [-0.39, 0.29) is 47.4 Å². The highest BCUT2D eigenvalue weighted by Gasteiger charge is 2.41. The predicted molar refractivity (Wildman–Crippen MR) is 153 cm³/mol. The number of aryl methyl sites for hydroxylation is 1. The molecule has 244 valence electrons. The van der Waals surface area contributed by atoms with Crippen LogP contribution in [-0.2, 0) is 16.6 Å². The van der Waals surface area contributed by atoms with Crippen molar-refractivity contribution >= 4 is 45.8 Å². The van der Waals surface area contributed by atoms with E-state index in [0.717, 1.165) is 18.2 Å². The Bertz CT molecular complexity index is 1570. The number of hydrogen-bond acceptors (Lipinski definition) is 8. The first-order valence-electron chi connectivity index (χ1n) is 13.5. The molecule has 0 spiro atoms. The van der Waals surface area contributed by atoms with Crippen LogP contribution in [0, 0.1) is 11.6 Å². The van der Waals surface area contributed by atoms with E-state index in [1.54, 1.807) is 31.0 Å². The molecular weight excluding hydrogens is 632 g/mol. The van der Waals surface area contributed by atoms with Crippen LogP contribution in [-0.4, -0.2) is 69.8 Å². The molecular formula is C27H29F6N7O4S. The monoisotopic (exact) mass is 661 g/mol. The zero-order chi connectivity index (χ0) is 33.3. The lowest BCUT2D eigenvalue weighted by atomic mass is 10.1. The highest BCUT2D eigenvalue weighted by atomic mass is 32.1. The van der Waals surface area contributed by atoms with E-state index in [4.69, 9.17) is 4.74 Å². The molecule has 1 fully saturated rings. The van der Waals surface area contributed by atoms with Crippen LogP contribution in [0.15, 0.2) is 24.4 Å². The second-order valence-electron chi connectivity index (χ2n) is 11.0. The van der Waals surface area contributed by atoms with Crippen LogP contribution in [0.3, 0.4) is 0 Å². The first kappa shape index (κ1) is 33.5. The van der Waals surface area contributed by atoms with Crippen molar-refractivity contribution in [3.63, 3.8) is 0 Å². The number of carbonyl (C=O) groups is 3. The lowest BCUT2D eigenvalue weighted by molar-refractivity contribution is -0.174. The van der Waals surface area contributed by atoms with Crippen molar-refractivity contribution in [2.45, 2.75) is 57.6 Å². The minimum atomic E-state index is -5.17. The summed E-state index contributed by atoms with van der Waals surface area (Å²) in [7, 11) is 1.52. The fraction of sp³-hybridized carbons (Fsp3) is 0.444. The average molecular weight is 662 g/mol. The standard InChI is InChI=1S/C27H29F6N7O4S/c1-26(2,3)44-25(43)38-22-19(37-21(45-22)18-14(29)6-5-7-15(18)30)20(41)35-17-12-34-39(4)23(17)40-10-8-13(28)16(9-11-40)36-24(42)27(31,32)33/h5-7,12-13,16H,8-11H2,1-4H3,(H,35,41)(H,36,42)(H,38,43). The van der Waals surface area contributed by atoms with E-state index < -0.39 is 64.8 Å². The summed E-state index contributed by atoms with van der Waals surface area (Å²) in [6.07, 6.45) is -7.07. The summed E-state index contributed by atoms with van der Waals surface area (Å²) in [5.41, 5.74) is -1.75. The molecule has 3 amide bonds. The number of halogens is 6. The summed E-state index contributed by atoms with van der Waals surface area (Å²) >= 11 is 0.630. The Hall–Kier alpha value is -4.35. The van der Waals surface area contributed by atoms with Crippen LogP contribution in [0.5, 0.6) is 0 Å². The molecule has 0 bridgehead atoms. The van der Waals surface area contributed by atoms with Gasteiger partial charge in [-0.2, -0.15) is 18.3 Å². The number of thiazole rings is 1. The molecule has 4 rings (SSSR count). The number of ether oxygens (including phenoxy) is 1. The maximum Gasteiger partial charge on any atom is 0.471 e. The highest BCUT2D eigenvalue weighted by Crippen LogP contribution is 2.36. The maximum absolute atomic E-state index is 14.7. The highest BCUT2D eigenvalue weighted by molar-refractivity contribution is 7.19. The molecule has 0 aliphatic carbocycles. The number of nitrogens with one attached hydrogen (secondary N) is 3. The van der Waals surface area contributed by atoms with Crippen molar-refractivity contribution in [1.82, 2.24) is 20.1 Å². The lowest BCUT2D eigenvalue weighted by Crippen LogP contribution is -2.47. The molecule has 3 heterocycles. The number of anilines is 3. The first-order chi connectivity index (χ1) is 20.9. The number of amides is 3. The summed E-state index contributed by atoms with van der Waals surface area (Å²) < 4.78 is 88.7. The maximum atomic E-state index is 14.7. The smallest absolute Gasteiger partial charge is 0.444 e. The van der Waals surface area contributed by atoms with Crippen LogP contribution in [0.25, 0.3) is 10.6 Å². The Kier molecular flexibility index (Phi) is 9.65. The Morgan fingerprint density at radius 3 is 2.31 bits per heavy atom. The lowest BCUT2D eigenvalue weighted by Gasteiger charge is -2.24. The number of alkyl halides is 4. The van der Waals surface area contributed by atoms with E-state index in [1.165, 1.54) is 17.9 Å². The minimum absolute atomic E-state index is 0.000812. The Morgan fingerprint density at radius 1 is 1.04 bits per heavy atom. The summed E-state index contributed by atoms with van der Waals surface area (Å²) in [4.78, 5) is 43.2. The third-order valence-corrected chi connectivity index (χ3v) is 7.47. The van der Waals surface area contributed by atoms with Crippen molar-refractivity contribution in [2.75, 3.05) is 28.6 Å². The van der Waals surface area contributed by atoms with Crippen molar-refractivity contribution in [2.24, 2.45) is 7.05 Å². The number of carbonyl (C=O) groups excluding carboxylic acids is 3. The van der Waals surface area contributed by atoms with Gasteiger partial charge in [0.15, 0.2) is 11.5 Å².